The molecule has 5 aromatic rings. The third-order valence-electron chi connectivity index (χ3n) is 5.69. The van der Waals surface area contributed by atoms with E-state index in [2.05, 4.69) is 0 Å². The number of halogens is 1. The highest BCUT2D eigenvalue weighted by Gasteiger charge is 2.22. The van der Waals surface area contributed by atoms with Gasteiger partial charge in [-0.3, -0.25) is 0 Å². The molecule has 0 fully saturated rings. The van der Waals surface area contributed by atoms with E-state index < -0.39 is 0 Å². The molecule has 2 N–H and O–H groups in total. The Hall–Kier alpha value is -3.49. The van der Waals surface area contributed by atoms with Gasteiger partial charge in [0.15, 0.2) is 0 Å². The van der Waals surface area contributed by atoms with Crippen LogP contribution in [0.4, 0.5) is 0 Å². The number of aromatic hydroxyl groups is 2. The van der Waals surface area contributed by atoms with Crippen LogP contribution in [0, 0.1) is 0 Å². The Kier molecular flexibility index (Phi) is 4.57. The van der Waals surface area contributed by atoms with E-state index in [1.54, 1.807) is 12.1 Å². The van der Waals surface area contributed by atoms with Crippen molar-refractivity contribution in [3.63, 3.8) is 0 Å². The Bertz CT molecular complexity index is 1290. The largest absolute Gasteiger partial charge is 0.507 e. The molecule has 0 unspecified atom stereocenters. The Morgan fingerprint density at radius 3 is 1.40 bits per heavy atom. The summed E-state index contributed by atoms with van der Waals surface area (Å²) in [6.07, 6.45) is 0. The van der Waals surface area contributed by atoms with Crippen LogP contribution in [0.2, 0.25) is 5.02 Å². The van der Waals surface area contributed by atoms with Crippen LogP contribution in [0.25, 0.3) is 21.5 Å². The van der Waals surface area contributed by atoms with Gasteiger partial charge in [-0.25, -0.2) is 0 Å². The lowest BCUT2D eigenvalue weighted by atomic mass is 9.80. The molecule has 0 heterocycles. The normalized spacial score (nSPS) is 11.4. The van der Waals surface area contributed by atoms with Crippen molar-refractivity contribution in [2.24, 2.45) is 0 Å². The molecule has 0 saturated heterocycles. The summed E-state index contributed by atoms with van der Waals surface area (Å²) in [5.41, 5.74) is 3.26. The molecule has 30 heavy (non-hydrogen) atoms. The van der Waals surface area contributed by atoms with Gasteiger partial charge < -0.3 is 10.2 Å². The number of hydrogen-bond acceptors (Lipinski definition) is 2. The van der Waals surface area contributed by atoms with E-state index in [0.29, 0.717) is 5.02 Å². The van der Waals surface area contributed by atoms with Gasteiger partial charge in [0.05, 0.1) is 0 Å². The summed E-state index contributed by atoms with van der Waals surface area (Å²) in [5.74, 6) is 0.429. The Morgan fingerprint density at radius 2 is 0.933 bits per heavy atom. The molecule has 2 nitrogen and oxygen atoms in total. The molecule has 0 radical (unpaired) electrons. The monoisotopic (exact) mass is 410 g/mol. The molecule has 0 spiro atoms. The quantitative estimate of drug-likeness (QED) is 0.308. The molecule has 0 aliphatic rings. The highest BCUT2D eigenvalue weighted by Crippen LogP contribution is 2.42. The van der Waals surface area contributed by atoms with E-state index in [1.165, 1.54) is 0 Å². The van der Waals surface area contributed by atoms with Crippen LogP contribution in [0.3, 0.4) is 0 Å². The molecule has 0 saturated carbocycles. The van der Waals surface area contributed by atoms with Gasteiger partial charge in [0, 0.05) is 21.7 Å². The average Bonchev–Trinajstić information content (AvgIpc) is 2.78. The second-order valence-electron chi connectivity index (χ2n) is 7.42. The van der Waals surface area contributed by atoms with Gasteiger partial charge in [-0.2, -0.15) is 0 Å². The van der Waals surface area contributed by atoms with E-state index in [9.17, 15) is 10.2 Å². The first-order valence-corrected chi connectivity index (χ1v) is 10.2. The zero-order valence-electron chi connectivity index (χ0n) is 16.1. The van der Waals surface area contributed by atoms with Crippen molar-refractivity contribution in [3.05, 3.63) is 119 Å². The Labute approximate surface area is 179 Å². The summed E-state index contributed by atoms with van der Waals surface area (Å²) < 4.78 is 0. The van der Waals surface area contributed by atoms with Gasteiger partial charge in [0.2, 0.25) is 0 Å². The van der Waals surface area contributed by atoms with Crippen LogP contribution in [0.15, 0.2) is 97.1 Å². The summed E-state index contributed by atoms with van der Waals surface area (Å²) in [6.45, 7) is 0. The first-order chi connectivity index (χ1) is 14.6. The number of rotatable bonds is 3. The second kappa shape index (κ2) is 7.40. The zero-order valence-corrected chi connectivity index (χ0v) is 16.8. The van der Waals surface area contributed by atoms with E-state index >= 15 is 0 Å². The standard InChI is InChI=1S/C27H19ClO2/c28-18-11-9-17(10-12-18)27(23-13-15-25(29)21-7-3-1-5-19(21)23)24-14-16-26(30)22-8-4-2-6-20(22)24/h1-16,27,29-30H. The van der Waals surface area contributed by atoms with Gasteiger partial charge in [0.1, 0.15) is 11.5 Å². The number of phenolic OH excluding ortho intramolecular Hbond substituents is 2. The lowest BCUT2D eigenvalue weighted by molar-refractivity contribution is 0.481. The molecular formula is C27H19ClO2. The van der Waals surface area contributed by atoms with Crippen molar-refractivity contribution in [1.82, 2.24) is 0 Å². The minimum absolute atomic E-state index is 0.0988. The summed E-state index contributed by atoms with van der Waals surface area (Å²) in [5, 5.41) is 25.1. The minimum atomic E-state index is -0.0988. The predicted octanol–water partition coefficient (Wildman–Crippen LogP) is 7.24. The fourth-order valence-corrected chi connectivity index (χ4v) is 4.42. The first-order valence-electron chi connectivity index (χ1n) is 9.80. The van der Waals surface area contributed by atoms with Crippen molar-refractivity contribution in [2.45, 2.75) is 5.92 Å². The predicted molar refractivity (Wildman–Crippen MR) is 124 cm³/mol. The molecule has 0 aliphatic carbocycles. The van der Waals surface area contributed by atoms with Gasteiger partial charge in [-0.1, -0.05) is 84.4 Å². The van der Waals surface area contributed by atoms with Gasteiger partial charge in [0.25, 0.3) is 0 Å². The first kappa shape index (κ1) is 18.5. The highest BCUT2D eigenvalue weighted by atomic mass is 35.5. The van der Waals surface area contributed by atoms with E-state index in [4.69, 9.17) is 11.6 Å². The molecule has 3 heteroatoms. The third-order valence-corrected chi connectivity index (χ3v) is 5.95. The van der Waals surface area contributed by atoms with Crippen molar-refractivity contribution < 1.29 is 10.2 Å². The molecular weight excluding hydrogens is 392 g/mol. The molecule has 0 amide bonds. The number of fused-ring (bicyclic) bond motifs is 2. The molecule has 5 rings (SSSR count). The topological polar surface area (TPSA) is 40.5 Å². The summed E-state index contributed by atoms with van der Waals surface area (Å²) in [7, 11) is 0. The Balaban J connectivity index is 1.86. The molecule has 5 aromatic carbocycles. The number of hydrogen-bond donors (Lipinski definition) is 2. The maximum atomic E-state index is 10.4. The minimum Gasteiger partial charge on any atom is -0.507 e. The molecule has 0 atom stereocenters. The van der Waals surface area contributed by atoms with Crippen molar-refractivity contribution in [1.29, 1.82) is 0 Å². The van der Waals surface area contributed by atoms with Gasteiger partial charge in [-0.15, -0.1) is 0 Å². The van der Waals surface area contributed by atoms with Crippen LogP contribution in [-0.4, -0.2) is 10.2 Å². The van der Waals surface area contributed by atoms with Crippen LogP contribution in [0.5, 0.6) is 11.5 Å². The van der Waals surface area contributed by atoms with Crippen LogP contribution >= 0.6 is 11.6 Å². The number of benzene rings is 5. The molecule has 0 bridgehead atoms. The third kappa shape index (κ3) is 3.06. The average molecular weight is 411 g/mol. The van der Waals surface area contributed by atoms with Crippen molar-refractivity contribution in [3.8, 4) is 11.5 Å². The Morgan fingerprint density at radius 1 is 0.500 bits per heavy atom. The van der Waals surface area contributed by atoms with E-state index in [0.717, 1.165) is 38.2 Å². The molecule has 0 aliphatic heterocycles. The maximum Gasteiger partial charge on any atom is 0.123 e. The summed E-state index contributed by atoms with van der Waals surface area (Å²) in [6, 6.07) is 31.1. The van der Waals surface area contributed by atoms with Crippen molar-refractivity contribution in [2.75, 3.05) is 0 Å². The lowest BCUT2D eigenvalue weighted by Gasteiger charge is -2.23. The summed E-state index contributed by atoms with van der Waals surface area (Å²) in [4.78, 5) is 0. The van der Waals surface area contributed by atoms with E-state index in [-0.39, 0.29) is 17.4 Å². The van der Waals surface area contributed by atoms with Crippen LogP contribution in [0.1, 0.15) is 22.6 Å². The van der Waals surface area contributed by atoms with Gasteiger partial charge >= 0.3 is 0 Å². The SMILES string of the molecule is Oc1ccc(C(c2ccc(Cl)cc2)c2ccc(O)c3ccccc23)c2ccccc12. The van der Waals surface area contributed by atoms with Gasteiger partial charge in [-0.05, 0) is 51.7 Å². The molecule has 0 aromatic heterocycles. The van der Waals surface area contributed by atoms with Crippen LogP contribution in [-0.2, 0) is 0 Å². The summed E-state index contributed by atoms with van der Waals surface area (Å²) >= 11 is 6.17. The maximum absolute atomic E-state index is 10.4. The smallest absolute Gasteiger partial charge is 0.123 e. The van der Waals surface area contributed by atoms with E-state index in [1.807, 2.05) is 84.9 Å². The molecule has 146 valence electrons. The van der Waals surface area contributed by atoms with Crippen LogP contribution < -0.4 is 0 Å². The fourth-order valence-electron chi connectivity index (χ4n) is 4.30. The zero-order chi connectivity index (χ0) is 20.7. The fraction of sp³-hybridized carbons (Fsp3) is 0.0370. The lowest BCUT2D eigenvalue weighted by Crippen LogP contribution is -2.05. The van der Waals surface area contributed by atoms with Crippen molar-refractivity contribution >= 4 is 33.1 Å². The number of phenols is 2. The second-order valence-corrected chi connectivity index (χ2v) is 7.86. The highest BCUT2D eigenvalue weighted by molar-refractivity contribution is 6.30.